The van der Waals surface area contributed by atoms with Gasteiger partial charge < -0.3 is 10.6 Å². The van der Waals surface area contributed by atoms with Gasteiger partial charge in [0.15, 0.2) is 5.96 Å². The van der Waals surface area contributed by atoms with Crippen LogP contribution in [0.5, 0.6) is 0 Å². The molecule has 2 aliphatic rings. The lowest BCUT2D eigenvalue weighted by Gasteiger charge is -2.20. The number of guanidine groups is 1. The van der Waals surface area contributed by atoms with E-state index in [2.05, 4.69) is 46.7 Å². The second-order valence-corrected chi connectivity index (χ2v) is 7.58. The number of rotatable bonds is 6. The number of aromatic nitrogens is 1. The minimum absolute atomic E-state index is 0.505. The fourth-order valence-corrected chi connectivity index (χ4v) is 4.07. The topological polar surface area (TPSA) is 52.6 Å². The molecule has 3 rings (SSSR count). The van der Waals surface area contributed by atoms with Crippen molar-refractivity contribution in [2.75, 3.05) is 13.1 Å². The van der Waals surface area contributed by atoms with Crippen molar-refractivity contribution >= 4 is 17.3 Å². The molecule has 1 saturated heterocycles. The van der Waals surface area contributed by atoms with Crippen LogP contribution in [-0.2, 0) is 13.0 Å². The van der Waals surface area contributed by atoms with Crippen LogP contribution >= 0.6 is 11.3 Å². The van der Waals surface area contributed by atoms with Crippen LogP contribution in [0.15, 0.2) is 10.4 Å². The Morgan fingerprint density at radius 3 is 2.91 bits per heavy atom. The van der Waals surface area contributed by atoms with Gasteiger partial charge in [0, 0.05) is 36.6 Å². The molecular weight excluding hydrogens is 306 g/mol. The van der Waals surface area contributed by atoms with E-state index < -0.39 is 0 Å². The van der Waals surface area contributed by atoms with Crippen LogP contribution in [-0.4, -0.2) is 47.1 Å². The smallest absolute Gasteiger partial charge is 0.191 e. The van der Waals surface area contributed by atoms with Gasteiger partial charge in [-0.3, -0.25) is 4.90 Å². The average molecular weight is 336 g/mol. The first-order valence-electron chi connectivity index (χ1n) is 8.93. The van der Waals surface area contributed by atoms with E-state index in [0.717, 1.165) is 37.2 Å². The fourth-order valence-electron chi connectivity index (χ4n) is 3.33. The summed E-state index contributed by atoms with van der Waals surface area (Å²) in [5, 5.41) is 10.3. The molecule has 128 valence electrons. The lowest BCUT2D eigenvalue weighted by Crippen LogP contribution is -2.44. The second-order valence-electron chi connectivity index (χ2n) is 6.64. The molecule has 1 aliphatic carbocycles. The molecule has 0 amide bonds. The molecule has 5 nitrogen and oxygen atoms in total. The molecule has 1 saturated carbocycles. The third-order valence-corrected chi connectivity index (χ3v) is 5.67. The molecule has 0 radical (unpaired) electrons. The Balaban J connectivity index is 1.56. The standard InChI is InChI=1S/C17H29N5S/c1-4-16-20-14(11-23-16)9-19-17(18-5-2)21-13-8-12(3)22(10-13)15-6-7-15/h11-13,15H,4-10H2,1-3H3,(H2,18,19,21). The zero-order valence-electron chi connectivity index (χ0n) is 14.5. The summed E-state index contributed by atoms with van der Waals surface area (Å²) in [5.41, 5.74) is 1.07. The highest BCUT2D eigenvalue weighted by Gasteiger charge is 2.38. The van der Waals surface area contributed by atoms with E-state index in [4.69, 9.17) is 4.99 Å². The fraction of sp³-hybridized carbons (Fsp3) is 0.765. The van der Waals surface area contributed by atoms with Crippen molar-refractivity contribution in [3.8, 4) is 0 Å². The lowest BCUT2D eigenvalue weighted by atomic mass is 10.2. The number of hydrogen-bond donors (Lipinski definition) is 2. The van der Waals surface area contributed by atoms with Gasteiger partial charge in [0.1, 0.15) is 0 Å². The van der Waals surface area contributed by atoms with Crippen LogP contribution in [0.3, 0.4) is 0 Å². The Kier molecular flexibility index (Phi) is 5.54. The maximum atomic E-state index is 4.73. The Morgan fingerprint density at radius 1 is 1.43 bits per heavy atom. The van der Waals surface area contributed by atoms with E-state index in [1.165, 1.54) is 24.3 Å². The van der Waals surface area contributed by atoms with E-state index in [1.54, 1.807) is 11.3 Å². The first kappa shape index (κ1) is 16.7. The van der Waals surface area contributed by atoms with E-state index in [0.29, 0.717) is 18.6 Å². The van der Waals surface area contributed by atoms with Crippen molar-refractivity contribution in [1.29, 1.82) is 0 Å². The van der Waals surface area contributed by atoms with Crippen molar-refractivity contribution in [2.24, 2.45) is 4.99 Å². The molecule has 6 heteroatoms. The molecule has 1 aliphatic heterocycles. The van der Waals surface area contributed by atoms with E-state index in [9.17, 15) is 0 Å². The maximum absolute atomic E-state index is 4.73. The summed E-state index contributed by atoms with van der Waals surface area (Å²) in [4.78, 5) is 12.0. The summed E-state index contributed by atoms with van der Waals surface area (Å²) in [6, 6.07) is 2.04. The van der Waals surface area contributed by atoms with Gasteiger partial charge in [0.05, 0.1) is 17.2 Å². The molecule has 2 unspecified atom stereocenters. The minimum atomic E-state index is 0.505. The van der Waals surface area contributed by atoms with Crippen LogP contribution in [0.2, 0.25) is 0 Å². The maximum Gasteiger partial charge on any atom is 0.191 e. The molecule has 2 N–H and O–H groups in total. The zero-order chi connectivity index (χ0) is 16.2. The number of likely N-dealkylation sites (tertiary alicyclic amines) is 1. The van der Waals surface area contributed by atoms with Crippen LogP contribution in [0, 0.1) is 0 Å². The number of nitrogens with one attached hydrogen (secondary N) is 2. The number of thiazole rings is 1. The molecule has 0 spiro atoms. The predicted octanol–water partition coefficient (Wildman–Crippen LogP) is 2.39. The molecule has 1 aromatic rings. The van der Waals surface area contributed by atoms with Gasteiger partial charge in [0.2, 0.25) is 0 Å². The van der Waals surface area contributed by atoms with Gasteiger partial charge in [-0.25, -0.2) is 9.98 Å². The van der Waals surface area contributed by atoms with Crippen LogP contribution in [0.4, 0.5) is 0 Å². The summed E-state index contributed by atoms with van der Waals surface area (Å²) in [6.07, 6.45) is 4.98. The monoisotopic (exact) mass is 335 g/mol. The molecule has 0 bridgehead atoms. The number of hydrogen-bond acceptors (Lipinski definition) is 4. The van der Waals surface area contributed by atoms with Crippen molar-refractivity contribution < 1.29 is 0 Å². The summed E-state index contributed by atoms with van der Waals surface area (Å²) in [5.74, 6) is 0.924. The van der Waals surface area contributed by atoms with Gasteiger partial charge in [-0.05, 0) is 39.5 Å². The van der Waals surface area contributed by atoms with E-state index in [1.807, 2.05) is 0 Å². The third-order valence-electron chi connectivity index (χ3n) is 4.62. The second kappa shape index (κ2) is 7.62. The highest BCUT2D eigenvalue weighted by Crippen LogP contribution is 2.33. The summed E-state index contributed by atoms with van der Waals surface area (Å²) in [6.45, 7) is 9.30. The van der Waals surface area contributed by atoms with E-state index in [-0.39, 0.29) is 0 Å². The summed E-state index contributed by atoms with van der Waals surface area (Å²) >= 11 is 1.73. The number of nitrogens with zero attached hydrogens (tertiary/aromatic N) is 3. The van der Waals surface area contributed by atoms with Crippen molar-refractivity contribution in [3.05, 3.63) is 16.1 Å². The Hall–Kier alpha value is -1.14. The summed E-state index contributed by atoms with van der Waals surface area (Å²) < 4.78 is 0. The quantitative estimate of drug-likeness (QED) is 0.619. The average Bonchev–Trinajstić information content (AvgIpc) is 3.16. The van der Waals surface area contributed by atoms with Crippen molar-refractivity contribution in [3.63, 3.8) is 0 Å². The van der Waals surface area contributed by atoms with Crippen LogP contribution < -0.4 is 10.6 Å². The molecular formula is C17H29N5S. The predicted molar refractivity (Wildman–Crippen MR) is 97.0 cm³/mol. The highest BCUT2D eigenvalue weighted by atomic mass is 32.1. The Labute approximate surface area is 143 Å². The van der Waals surface area contributed by atoms with Crippen LogP contribution in [0.25, 0.3) is 0 Å². The van der Waals surface area contributed by atoms with Gasteiger partial charge in [0.25, 0.3) is 0 Å². The van der Waals surface area contributed by atoms with Crippen LogP contribution in [0.1, 0.15) is 50.7 Å². The molecule has 23 heavy (non-hydrogen) atoms. The Morgan fingerprint density at radius 2 is 2.26 bits per heavy atom. The van der Waals surface area contributed by atoms with Crippen molar-refractivity contribution in [2.45, 2.75) is 71.1 Å². The summed E-state index contributed by atoms with van der Waals surface area (Å²) in [7, 11) is 0. The molecule has 2 fully saturated rings. The first-order valence-corrected chi connectivity index (χ1v) is 9.81. The minimum Gasteiger partial charge on any atom is -0.357 e. The normalized spacial score (nSPS) is 25.8. The highest BCUT2D eigenvalue weighted by molar-refractivity contribution is 7.09. The third kappa shape index (κ3) is 4.44. The molecule has 2 atom stereocenters. The largest absolute Gasteiger partial charge is 0.357 e. The van der Waals surface area contributed by atoms with Gasteiger partial charge in [-0.15, -0.1) is 11.3 Å². The van der Waals surface area contributed by atoms with E-state index >= 15 is 0 Å². The van der Waals surface area contributed by atoms with Gasteiger partial charge in [-0.2, -0.15) is 0 Å². The first-order chi connectivity index (χ1) is 11.2. The van der Waals surface area contributed by atoms with Gasteiger partial charge in [-0.1, -0.05) is 6.92 Å². The molecule has 1 aromatic heterocycles. The Bertz CT molecular complexity index is 537. The number of aryl methyl sites for hydroxylation is 1. The van der Waals surface area contributed by atoms with Crippen molar-refractivity contribution in [1.82, 2.24) is 20.5 Å². The molecule has 0 aromatic carbocycles. The number of aliphatic imine (C=N–C) groups is 1. The zero-order valence-corrected chi connectivity index (χ0v) is 15.3. The molecule has 2 heterocycles. The van der Waals surface area contributed by atoms with Gasteiger partial charge >= 0.3 is 0 Å². The SMILES string of the molecule is CCNC(=NCc1csc(CC)n1)NC1CC(C)N(C2CC2)C1. The lowest BCUT2D eigenvalue weighted by molar-refractivity contribution is 0.256.